The molecule has 0 N–H and O–H groups in total. The van der Waals surface area contributed by atoms with Crippen LogP contribution in [-0.4, -0.2) is 4.98 Å². The summed E-state index contributed by atoms with van der Waals surface area (Å²) in [6.45, 7) is 2.05. The third kappa shape index (κ3) is 2.55. The van der Waals surface area contributed by atoms with E-state index in [-0.39, 0.29) is 0 Å². The summed E-state index contributed by atoms with van der Waals surface area (Å²) in [5.74, 6) is 0. The summed E-state index contributed by atoms with van der Waals surface area (Å²) in [5, 5.41) is 11.8. The second-order valence-corrected chi connectivity index (χ2v) is 6.87. The van der Waals surface area contributed by atoms with E-state index in [4.69, 9.17) is 4.42 Å². The summed E-state index contributed by atoms with van der Waals surface area (Å²) in [6.07, 6.45) is 1.78. The van der Waals surface area contributed by atoms with Gasteiger partial charge >= 0.3 is 0 Å². The van der Waals surface area contributed by atoms with Crippen LogP contribution in [0.3, 0.4) is 0 Å². The van der Waals surface area contributed by atoms with E-state index in [1.807, 2.05) is 60.7 Å². The first kappa shape index (κ1) is 16.3. The molecule has 0 atom stereocenters. The molecule has 132 valence electrons. The van der Waals surface area contributed by atoms with Crippen LogP contribution in [0.15, 0.2) is 83.4 Å². The molecular formula is C25H16N2O. The molecule has 28 heavy (non-hydrogen) atoms. The quantitative estimate of drug-likeness (QED) is 0.361. The smallest absolute Gasteiger partial charge is 0.153 e. The summed E-state index contributed by atoms with van der Waals surface area (Å²) < 4.78 is 6.17. The van der Waals surface area contributed by atoms with E-state index in [1.54, 1.807) is 6.20 Å². The van der Waals surface area contributed by atoms with Crippen molar-refractivity contribution < 1.29 is 4.42 Å². The van der Waals surface area contributed by atoms with E-state index in [2.05, 4.69) is 30.1 Å². The molecule has 0 aliphatic carbocycles. The second-order valence-electron chi connectivity index (χ2n) is 6.87. The normalized spacial score (nSPS) is 11.0. The SMILES string of the molecule is Cc1ccc(-c2ccc3c(oc4cc(-c5ccccn5)ccc43)c2C#N)cc1. The van der Waals surface area contributed by atoms with E-state index in [9.17, 15) is 5.26 Å². The molecule has 3 aromatic carbocycles. The summed E-state index contributed by atoms with van der Waals surface area (Å²) >= 11 is 0. The van der Waals surface area contributed by atoms with E-state index in [0.29, 0.717) is 11.1 Å². The van der Waals surface area contributed by atoms with Crippen LogP contribution in [0.2, 0.25) is 0 Å². The van der Waals surface area contributed by atoms with Crippen molar-refractivity contribution in [3.63, 3.8) is 0 Å². The molecule has 2 aromatic heterocycles. The lowest BCUT2D eigenvalue weighted by Gasteiger charge is -2.05. The lowest BCUT2D eigenvalue weighted by molar-refractivity contribution is 0.668. The number of nitrogens with zero attached hydrogens (tertiary/aromatic N) is 2. The molecular weight excluding hydrogens is 344 g/mol. The molecule has 0 aliphatic rings. The van der Waals surface area contributed by atoms with Crippen LogP contribution in [0.4, 0.5) is 0 Å². The van der Waals surface area contributed by atoms with Crippen molar-refractivity contribution in [3.05, 3.63) is 90.1 Å². The highest BCUT2D eigenvalue weighted by Crippen LogP contribution is 2.37. The van der Waals surface area contributed by atoms with Gasteiger partial charge in [-0.3, -0.25) is 4.98 Å². The monoisotopic (exact) mass is 360 g/mol. The maximum Gasteiger partial charge on any atom is 0.153 e. The van der Waals surface area contributed by atoms with Crippen molar-refractivity contribution in [2.45, 2.75) is 6.92 Å². The van der Waals surface area contributed by atoms with Crippen molar-refractivity contribution in [1.82, 2.24) is 4.98 Å². The molecule has 0 amide bonds. The number of hydrogen-bond acceptors (Lipinski definition) is 3. The Kier molecular flexibility index (Phi) is 3.70. The number of aromatic nitrogens is 1. The van der Waals surface area contributed by atoms with E-state index in [1.165, 1.54) is 5.56 Å². The Balaban J connectivity index is 1.74. The predicted octanol–water partition coefficient (Wildman–Crippen LogP) is 6.50. The molecule has 5 rings (SSSR count). The number of pyridine rings is 1. The van der Waals surface area contributed by atoms with Gasteiger partial charge in [0.05, 0.1) is 5.69 Å². The van der Waals surface area contributed by atoms with Crippen LogP contribution in [-0.2, 0) is 0 Å². The molecule has 0 fully saturated rings. The highest BCUT2D eigenvalue weighted by molar-refractivity contribution is 6.09. The zero-order valence-electron chi connectivity index (χ0n) is 15.3. The molecule has 2 heterocycles. The standard InChI is InChI=1S/C25H16N2O/c1-16-5-7-17(8-6-16)19-11-12-21-20-10-9-18(23-4-2-3-13-27-23)14-24(20)28-25(21)22(19)15-26/h2-14H,1H3. The van der Waals surface area contributed by atoms with E-state index < -0.39 is 0 Å². The van der Waals surface area contributed by atoms with Gasteiger partial charge in [0.1, 0.15) is 17.2 Å². The Hall–Kier alpha value is -3.90. The first-order valence-corrected chi connectivity index (χ1v) is 9.12. The minimum atomic E-state index is 0.567. The van der Waals surface area contributed by atoms with Gasteiger partial charge in [-0.2, -0.15) is 5.26 Å². The highest BCUT2D eigenvalue weighted by Gasteiger charge is 2.16. The summed E-state index contributed by atoms with van der Waals surface area (Å²) in [7, 11) is 0. The van der Waals surface area contributed by atoms with Gasteiger partial charge in [-0.1, -0.05) is 48.0 Å². The van der Waals surface area contributed by atoms with E-state index in [0.717, 1.165) is 38.7 Å². The molecule has 0 saturated carbocycles. The van der Waals surface area contributed by atoms with Crippen molar-refractivity contribution in [3.8, 4) is 28.5 Å². The van der Waals surface area contributed by atoms with E-state index >= 15 is 0 Å². The molecule has 0 aliphatic heterocycles. The molecule has 0 spiro atoms. The third-order valence-electron chi connectivity index (χ3n) is 5.08. The lowest BCUT2D eigenvalue weighted by Crippen LogP contribution is -1.85. The van der Waals surface area contributed by atoms with Crippen LogP contribution >= 0.6 is 0 Å². The average Bonchev–Trinajstić information content (AvgIpc) is 3.12. The van der Waals surface area contributed by atoms with Crippen LogP contribution in [0.1, 0.15) is 11.1 Å². The topological polar surface area (TPSA) is 49.8 Å². The molecule has 5 aromatic rings. The number of furan rings is 1. The van der Waals surface area contributed by atoms with Crippen molar-refractivity contribution in [1.29, 1.82) is 5.26 Å². The van der Waals surface area contributed by atoms with Gasteiger partial charge in [-0.15, -0.1) is 0 Å². The highest BCUT2D eigenvalue weighted by atomic mass is 16.3. The number of aryl methyl sites for hydroxylation is 1. The van der Waals surface area contributed by atoms with Gasteiger partial charge in [-0.05, 0) is 42.8 Å². The first-order valence-electron chi connectivity index (χ1n) is 9.12. The Bertz CT molecular complexity index is 1360. The third-order valence-corrected chi connectivity index (χ3v) is 5.08. The number of rotatable bonds is 2. The minimum Gasteiger partial charge on any atom is -0.455 e. The van der Waals surface area contributed by atoms with Gasteiger partial charge in [-0.25, -0.2) is 0 Å². The molecule has 0 saturated heterocycles. The molecule has 3 heteroatoms. The first-order chi connectivity index (χ1) is 13.7. The Morgan fingerprint density at radius 1 is 0.857 bits per heavy atom. The fraction of sp³-hybridized carbons (Fsp3) is 0.0400. The van der Waals surface area contributed by atoms with Gasteiger partial charge in [0, 0.05) is 28.1 Å². The number of hydrogen-bond donors (Lipinski definition) is 0. The average molecular weight is 360 g/mol. The summed E-state index contributed by atoms with van der Waals surface area (Å²) in [5.41, 5.74) is 6.93. The molecule has 0 bridgehead atoms. The van der Waals surface area contributed by atoms with Gasteiger partial charge in [0.15, 0.2) is 5.58 Å². The van der Waals surface area contributed by atoms with Crippen molar-refractivity contribution in [2.24, 2.45) is 0 Å². The Labute approximate surface area is 162 Å². The van der Waals surface area contributed by atoms with Crippen molar-refractivity contribution >= 4 is 21.9 Å². The molecule has 0 radical (unpaired) electrons. The zero-order chi connectivity index (χ0) is 19.1. The van der Waals surface area contributed by atoms with Crippen LogP contribution in [0.25, 0.3) is 44.3 Å². The predicted molar refractivity (Wildman–Crippen MR) is 112 cm³/mol. The van der Waals surface area contributed by atoms with Gasteiger partial charge in [0.2, 0.25) is 0 Å². The summed E-state index contributed by atoms with van der Waals surface area (Å²) in [4.78, 5) is 4.41. The maximum absolute atomic E-state index is 9.87. The van der Waals surface area contributed by atoms with Crippen LogP contribution in [0.5, 0.6) is 0 Å². The maximum atomic E-state index is 9.87. The number of fused-ring (bicyclic) bond motifs is 3. The van der Waals surface area contributed by atoms with Gasteiger partial charge < -0.3 is 4.42 Å². The second kappa shape index (κ2) is 6.37. The largest absolute Gasteiger partial charge is 0.455 e. The Morgan fingerprint density at radius 3 is 2.39 bits per heavy atom. The van der Waals surface area contributed by atoms with Crippen LogP contribution in [0, 0.1) is 18.3 Å². The zero-order valence-corrected chi connectivity index (χ0v) is 15.3. The Morgan fingerprint density at radius 2 is 1.64 bits per heavy atom. The fourth-order valence-corrected chi connectivity index (χ4v) is 3.62. The van der Waals surface area contributed by atoms with Crippen molar-refractivity contribution in [2.75, 3.05) is 0 Å². The van der Waals surface area contributed by atoms with Crippen LogP contribution < -0.4 is 0 Å². The summed E-state index contributed by atoms with van der Waals surface area (Å²) in [6, 6.07) is 26.5. The molecule has 3 nitrogen and oxygen atoms in total. The number of nitriles is 1. The molecule has 0 unspecified atom stereocenters. The number of benzene rings is 3. The van der Waals surface area contributed by atoms with Gasteiger partial charge in [0.25, 0.3) is 0 Å². The lowest BCUT2D eigenvalue weighted by atomic mass is 9.97. The minimum absolute atomic E-state index is 0.567. The fourth-order valence-electron chi connectivity index (χ4n) is 3.62.